The van der Waals surface area contributed by atoms with Crippen LogP contribution in [0.2, 0.25) is 0 Å². The van der Waals surface area contributed by atoms with Crippen molar-refractivity contribution in [1.82, 2.24) is 14.2 Å². The molecule has 0 N–H and O–H groups in total. The van der Waals surface area contributed by atoms with Crippen molar-refractivity contribution in [2.24, 2.45) is 0 Å². The summed E-state index contributed by atoms with van der Waals surface area (Å²) in [6.45, 7) is 8.25. The van der Waals surface area contributed by atoms with E-state index in [1.54, 1.807) is 11.0 Å². The standard InChI is InChI=1S/C23H21FN4O3S/c1-25-14-16-3-5-17(6-4-16)22-19-13-18(24)7-8-21(19)26-15-20(22)23(29)27-9-11-28(12-10-27)32(2,30)31/h3-8,13,15H,9-12,14H2,2H3. The first-order chi connectivity index (χ1) is 15.3. The van der Waals surface area contributed by atoms with Crippen LogP contribution in [0.5, 0.6) is 0 Å². The Morgan fingerprint density at radius 3 is 2.44 bits per heavy atom. The maximum atomic E-state index is 14.1. The number of carbonyl (C=O) groups excluding carboxylic acids is 1. The lowest BCUT2D eigenvalue weighted by atomic mass is 9.94. The molecule has 2 aromatic carbocycles. The highest BCUT2D eigenvalue weighted by molar-refractivity contribution is 7.88. The number of fused-ring (bicyclic) bond motifs is 1. The van der Waals surface area contributed by atoms with E-state index in [1.165, 1.54) is 22.6 Å². The number of carbonyl (C=O) groups is 1. The summed E-state index contributed by atoms with van der Waals surface area (Å²) < 4.78 is 39.0. The van der Waals surface area contributed by atoms with Gasteiger partial charge in [0, 0.05) is 48.9 Å². The zero-order valence-corrected chi connectivity index (χ0v) is 18.3. The first kappa shape index (κ1) is 21.9. The smallest absolute Gasteiger partial charge is 0.256 e. The lowest BCUT2D eigenvalue weighted by Gasteiger charge is -2.33. The summed E-state index contributed by atoms with van der Waals surface area (Å²) in [4.78, 5) is 22.8. The summed E-state index contributed by atoms with van der Waals surface area (Å²) in [6, 6.07) is 11.5. The maximum Gasteiger partial charge on any atom is 0.256 e. The summed E-state index contributed by atoms with van der Waals surface area (Å²) in [5, 5.41) is 0.517. The highest BCUT2D eigenvalue weighted by Gasteiger charge is 2.28. The van der Waals surface area contributed by atoms with Gasteiger partial charge in [0.1, 0.15) is 5.82 Å². The van der Waals surface area contributed by atoms with Crippen molar-refractivity contribution in [2.45, 2.75) is 6.54 Å². The van der Waals surface area contributed by atoms with E-state index in [9.17, 15) is 17.6 Å². The highest BCUT2D eigenvalue weighted by Crippen LogP contribution is 2.33. The van der Waals surface area contributed by atoms with E-state index in [4.69, 9.17) is 6.57 Å². The molecule has 7 nitrogen and oxygen atoms in total. The maximum absolute atomic E-state index is 14.1. The zero-order chi connectivity index (χ0) is 22.9. The van der Waals surface area contributed by atoms with E-state index in [0.717, 1.165) is 17.4 Å². The first-order valence-electron chi connectivity index (χ1n) is 10.0. The molecular weight excluding hydrogens is 431 g/mol. The van der Waals surface area contributed by atoms with Crippen molar-refractivity contribution in [1.29, 1.82) is 0 Å². The number of pyridine rings is 1. The van der Waals surface area contributed by atoms with Crippen molar-refractivity contribution < 1.29 is 17.6 Å². The van der Waals surface area contributed by atoms with Crippen LogP contribution in [0, 0.1) is 12.4 Å². The Kier molecular flexibility index (Phi) is 5.91. The minimum absolute atomic E-state index is 0.223. The molecule has 1 aliphatic rings. The monoisotopic (exact) mass is 452 g/mol. The van der Waals surface area contributed by atoms with Crippen molar-refractivity contribution in [3.05, 3.63) is 77.0 Å². The molecule has 1 amide bonds. The third-order valence-electron chi connectivity index (χ3n) is 5.56. The fourth-order valence-electron chi connectivity index (χ4n) is 3.90. The van der Waals surface area contributed by atoms with Gasteiger partial charge < -0.3 is 9.74 Å². The van der Waals surface area contributed by atoms with E-state index in [2.05, 4.69) is 9.83 Å². The van der Waals surface area contributed by atoms with Gasteiger partial charge in [-0.25, -0.2) is 19.4 Å². The molecule has 0 aliphatic carbocycles. The second-order valence-corrected chi connectivity index (χ2v) is 9.66. The van der Waals surface area contributed by atoms with E-state index >= 15 is 0 Å². The predicted molar refractivity (Wildman–Crippen MR) is 120 cm³/mol. The summed E-state index contributed by atoms with van der Waals surface area (Å²) in [6.07, 6.45) is 2.65. The number of hydrogen-bond acceptors (Lipinski definition) is 4. The van der Waals surface area contributed by atoms with E-state index in [1.807, 2.05) is 24.3 Å². The fraction of sp³-hybridized carbons (Fsp3) is 0.261. The van der Waals surface area contributed by atoms with Crippen LogP contribution in [-0.2, 0) is 16.6 Å². The van der Waals surface area contributed by atoms with Crippen LogP contribution in [-0.4, -0.2) is 60.9 Å². The summed E-state index contributed by atoms with van der Waals surface area (Å²) >= 11 is 0. The largest absolute Gasteiger partial charge is 0.336 e. The van der Waals surface area contributed by atoms with Crippen LogP contribution in [0.4, 0.5) is 4.39 Å². The van der Waals surface area contributed by atoms with Gasteiger partial charge in [-0.2, -0.15) is 4.31 Å². The van der Waals surface area contributed by atoms with Gasteiger partial charge in [-0.05, 0) is 23.8 Å². The van der Waals surface area contributed by atoms with Gasteiger partial charge in [0.25, 0.3) is 5.91 Å². The second kappa shape index (κ2) is 8.65. The quantitative estimate of drug-likeness (QED) is 0.570. The SMILES string of the molecule is [C-]#[N+]Cc1ccc(-c2c(C(=O)N3CCN(S(C)(=O)=O)CC3)cnc3ccc(F)cc23)cc1. The van der Waals surface area contributed by atoms with E-state index in [0.29, 0.717) is 22.0 Å². The molecule has 164 valence electrons. The average Bonchev–Trinajstić information content (AvgIpc) is 2.78. The van der Waals surface area contributed by atoms with Gasteiger partial charge in [0.05, 0.1) is 17.3 Å². The molecule has 0 spiro atoms. The molecule has 0 unspecified atom stereocenters. The van der Waals surface area contributed by atoms with Crippen LogP contribution in [0.1, 0.15) is 15.9 Å². The number of nitrogens with zero attached hydrogens (tertiary/aromatic N) is 4. The summed E-state index contributed by atoms with van der Waals surface area (Å²) in [5.74, 6) is -0.714. The Bertz CT molecular complexity index is 1330. The van der Waals surface area contributed by atoms with Gasteiger partial charge in [-0.3, -0.25) is 9.78 Å². The van der Waals surface area contributed by atoms with Crippen LogP contribution < -0.4 is 0 Å². The third-order valence-corrected chi connectivity index (χ3v) is 6.86. The number of amides is 1. The van der Waals surface area contributed by atoms with Crippen LogP contribution in [0.15, 0.2) is 48.7 Å². The van der Waals surface area contributed by atoms with E-state index in [-0.39, 0.29) is 38.6 Å². The lowest BCUT2D eigenvalue weighted by molar-refractivity contribution is 0.0699. The Hall–Kier alpha value is -3.35. The Balaban J connectivity index is 1.77. The second-order valence-electron chi connectivity index (χ2n) is 7.68. The van der Waals surface area contributed by atoms with Gasteiger partial charge in [0.15, 0.2) is 0 Å². The molecule has 0 atom stereocenters. The molecule has 0 bridgehead atoms. The van der Waals surface area contributed by atoms with Gasteiger partial charge in [-0.1, -0.05) is 24.3 Å². The minimum atomic E-state index is -3.31. The first-order valence-corrected chi connectivity index (χ1v) is 11.9. The van der Waals surface area contributed by atoms with Crippen LogP contribution >= 0.6 is 0 Å². The van der Waals surface area contributed by atoms with Crippen molar-refractivity contribution in [2.75, 3.05) is 32.4 Å². The Labute approximate surface area is 186 Å². The number of aromatic nitrogens is 1. The molecule has 1 saturated heterocycles. The molecule has 32 heavy (non-hydrogen) atoms. The number of benzene rings is 2. The molecule has 1 aromatic heterocycles. The molecule has 2 heterocycles. The van der Waals surface area contributed by atoms with Crippen LogP contribution in [0.3, 0.4) is 0 Å². The van der Waals surface area contributed by atoms with Crippen molar-refractivity contribution >= 4 is 26.8 Å². The molecule has 0 saturated carbocycles. The van der Waals surface area contributed by atoms with Crippen molar-refractivity contribution in [3.63, 3.8) is 0 Å². The topological polar surface area (TPSA) is 74.9 Å². The highest BCUT2D eigenvalue weighted by atomic mass is 32.2. The van der Waals surface area contributed by atoms with Crippen molar-refractivity contribution in [3.8, 4) is 11.1 Å². The number of halogens is 1. The van der Waals surface area contributed by atoms with E-state index < -0.39 is 15.8 Å². The molecule has 1 fully saturated rings. The predicted octanol–water partition coefficient (Wildman–Crippen LogP) is 3.18. The average molecular weight is 453 g/mol. The third kappa shape index (κ3) is 4.33. The van der Waals surface area contributed by atoms with Gasteiger partial charge >= 0.3 is 0 Å². The fourth-order valence-corrected chi connectivity index (χ4v) is 4.73. The summed E-state index contributed by atoms with van der Waals surface area (Å²) in [7, 11) is -3.31. The molecule has 9 heteroatoms. The Morgan fingerprint density at radius 1 is 1.12 bits per heavy atom. The van der Waals surface area contributed by atoms with Gasteiger partial charge in [0.2, 0.25) is 16.6 Å². The number of sulfonamides is 1. The molecule has 0 radical (unpaired) electrons. The van der Waals surface area contributed by atoms with Gasteiger partial charge in [-0.15, -0.1) is 0 Å². The molecular formula is C23H21FN4O3S. The number of hydrogen-bond donors (Lipinski definition) is 0. The number of piperazine rings is 1. The number of rotatable bonds is 4. The normalized spacial score (nSPS) is 15.0. The Morgan fingerprint density at radius 2 is 1.81 bits per heavy atom. The minimum Gasteiger partial charge on any atom is -0.336 e. The lowest BCUT2D eigenvalue weighted by Crippen LogP contribution is -2.50. The zero-order valence-electron chi connectivity index (χ0n) is 17.5. The molecule has 4 rings (SSSR count). The van der Waals surface area contributed by atoms with Crippen LogP contribution in [0.25, 0.3) is 26.9 Å². The molecule has 1 aliphatic heterocycles. The molecule has 3 aromatic rings. The summed E-state index contributed by atoms with van der Waals surface area (Å²) in [5.41, 5.74) is 3.02.